The van der Waals surface area contributed by atoms with Gasteiger partial charge in [0.25, 0.3) is 5.69 Å². The molecule has 0 fully saturated rings. The van der Waals surface area contributed by atoms with Crippen molar-refractivity contribution >= 4 is 29.7 Å². The number of aromatic nitrogens is 3. The van der Waals surface area contributed by atoms with Crippen LogP contribution in [0.3, 0.4) is 0 Å². The fourth-order valence-electron chi connectivity index (χ4n) is 2.35. The van der Waals surface area contributed by atoms with Crippen LogP contribution in [0.5, 0.6) is 0 Å². The van der Waals surface area contributed by atoms with Crippen LogP contribution in [0.15, 0.2) is 59.7 Å². The summed E-state index contributed by atoms with van der Waals surface area (Å²) in [4.78, 5) is 25.1. The average molecular weight is 392 g/mol. The van der Waals surface area contributed by atoms with Crippen LogP contribution < -0.4 is 15.6 Å². The molecule has 0 atom stereocenters. The van der Waals surface area contributed by atoms with Gasteiger partial charge in [-0.3, -0.25) is 10.1 Å². The van der Waals surface area contributed by atoms with E-state index < -0.39 is 4.92 Å². The predicted molar refractivity (Wildman–Crippen MR) is 112 cm³/mol. The Labute approximate surface area is 167 Å². The molecule has 10 heteroatoms. The van der Waals surface area contributed by atoms with Gasteiger partial charge in [-0.15, -0.1) is 0 Å². The van der Waals surface area contributed by atoms with Gasteiger partial charge in [0.1, 0.15) is 0 Å². The summed E-state index contributed by atoms with van der Waals surface area (Å²) in [5.74, 6) is 1.12. The second-order valence-electron chi connectivity index (χ2n) is 6.24. The minimum atomic E-state index is -0.454. The lowest BCUT2D eigenvalue weighted by Crippen LogP contribution is -2.16. The van der Waals surface area contributed by atoms with E-state index in [2.05, 4.69) is 30.8 Å². The van der Waals surface area contributed by atoms with E-state index in [0.717, 1.165) is 5.56 Å². The Morgan fingerprint density at radius 2 is 1.83 bits per heavy atom. The van der Waals surface area contributed by atoms with E-state index >= 15 is 0 Å². The van der Waals surface area contributed by atoms with Crippen molar-refractivity contribution in [1.29, 1.82) is 0 Å². The summed E-state index contributed by atoms with van der Waals surface area (Å²) >= 11 is 0. The maximum Gasteiger partial charge on any atom is 0.270 e. The van der Waals surface area contributed by atoms with Crippen molar-refractivity contribution in [2.24, 2.45) is 5.10 Å². The second-order valence-corrected chi connectivity index (χ2v) is 6.24. The van der Waals surface area contributed by atoms with Crippen molar-refractivity contribution in [3.05, 3.63) is 75.8 Å². The summed E-state index contributed by atoms with van der Waals surface area (Å²) in [5, 5.41) is 18.1. The minimum absolute atomic E-state index is 0.00333. The molecule has 0 saturated carbocycles. The molecule has 1 aromatic heterocycles. The van der Waals surface area contributed by atoms with Crippen LogP contribution in [-0.2, 0) is 6.54 Å². The molecule has 10 nitrogen and oxygen atoms in total. The first kappa shape index (κ1) is 19.7. The fourth-order valence-corrected chi connectivity index (χ4v) is 2.35. The molecule has 29 heavy (non-hydrogen) atoms. The van der Waals surface area contributed by atoms with Crippen LogP contribution >= 0.6 is 0 Å². The normalized spacial score (nSPS) is 10.7. The van der Waals surface area contributed by atoms with Gasteiger partial charge < -0.3 is 10.2 Å². The number of hydrogen-bond donors (Lipinski definition) is 2. The maximum atomic E-state index is 10.9. The van der Waals surface area contributed by atoms with Crippen molar-refractivity contribution in [2.75, 3.05) is 29.7 Å². The number of nitro benzene ring substituents is 1. The van der Waals surface area contributed by atoms with Crippen molar-refractivity contribution in [3.63, 3.8) is 0 Å². The summed E-state index contributed by atoms with van der Waals surface area (Å²) < 4.78 is 0. The lowest BCUT2D eigenvalue weighted by molar-refractivity contribution is -0.384. The average Bonchev–Trinajstić information content (AvgIpc) is 2.73. The van der Waals surface area contributed by atoms with Crippen LogP contribution in [0, 0.1) is 10.1 Å². The highest BCUT2D eigenvalue weighted by atomic mass is 16.6. The molecule has 2 aromatic carbocycles. The smallest absolute Gasteiger partial charge is 0.270 e. The number of benzene rings is 2. The second kappa shape index (κ2) is 9.22. The Bertz CT molecular complexity index is 1010. The fraction of sp³-hybridized carbons (Fsp3) is 0.158. The summed E-state index contributed by atoms with van der Waals surface area (Å²) in [7, 11) is 3.65. The molecular weight excluding hydrogens is 372 g/mol. The number of nitrogens with zero attached hydrogens (tertiary/aromatic N) is 6. The number of rotatable bonds is 8. The van der Waals surface area contributed by atoms with Gasteiger partial charge in [0.2, 0.25) is 17.8 Å². The molecule has 0 saturated heterocycles. The minimum Gasteiger partial charge on any atom is -0.350 e. The van der Waals surface area contributed by atoms with Crippen LogP contribution in [-0.4, -0.2) is 40.2 Å². The molecule has 148 valence electrons. The van der Waals surface area contributed by atoms with Crippen LogP contribution in [0.4, 0.5) is 23.5 Å². The molecular formula is C19H20N8O2. The quantitative estimate of drug-likeness (QED) is 0.341. The van der Waals surface area contributed by atoms with E-state index in [-0.39, 0.29) is 11.6 Å². The third-order valence-corrected chi connectivity index (χ3v) is 3.78. The molecule has 0 amide bonds. The zero-order chi connectivity index (χ0) is 20.6. The van der Waals surface area contributed by atoms with Crippen molar-refractivity contribution in [1.82, 2.24) is 15.0 Å². The van der Waals surface area contributed by atoms with Gasteiger partial charge in [0.05, 0.1) is 11.1 Å². The predicted octanol–water partition coefficient (Wildman–Crippen LogP) is 2.90. The lowest BCUT2D eigenvalue weighted by atomic mass is 10.2. The largest absolute Gasteiger partial charge is 0.350 e. The molecule has 0 radical (unpaired) electrons. The van der Waals surface area contributed by atoms with E-state index in [0.29, 0.717) is 24.0 Å². The van der Waals surface area contributed by atoms with E-state index in [1.165, 1.54) is 18.3 Å². The number of nitro groups is 1. The van der Waals surface area contributed by atoms with Crippen LogP contribution in [0.1, 0.15) is 11.1 Å². The van der Waals surface area contributed by atoms with E-state index in [9.17, 15) is 10.1 Å². The molecule has 0 unspecified atom stereocenters. The molecule has 0 spiro atoms. The van der Waals surface area contributed by atoms with Gasteiger partial charge in [0.15, 0.2) is 0 Å². The monoisotopic (exact) mass is 392 g/mol. The summed E-state index contributed by atoms with van der Waals surface area (Å²) in [5.41, 5.74) is 4.42. The Morgan fingerprint density at radius 1 is 1.07 bits per heavy atom. The van der Waals surface area contributed by atoms with Gasteiger partial charge >= 0.3 is 0 Å². The summed E-state index contributed by atoms with van der Waals surface area (Å²) in [6.07, 6.45) is 1.46. The first-order chi connectivity index (χ1) is 14.0. The molecule has 0 aliphatic heterocycles. The molecule has 2 N–H and O–H groups in total. The van der Waals surface area contributed by atoms with Gasteiger partial charge in [-0.2, -0.15) is 20.1 Å². The Kier molecular flexibility index (Phi) is 6.25. The zero-order valence-electron chi connectivity index (χ0n) is 16.0. The standard InChI is InChI=1S/C19H20N8O2/c1-26(2)19-23-17(20-12-14-7-4-3-5-8-14)22-18(24-19)25-21-13-15-9-6-10-16(11-15)27(28)29/h3-11,13H,12H2,1-2H3,(H2,20,22,23,24,25)/b21-13-. The molecule has 0 aliphatic rings. The highest BCUT2D eigenvalue weighted by Gasteiger charge is 2.08. The number of hydrazone groups is 1. The molecule has 1 heterocycles. The molecule has 3 rings (SSSR count). The van der Waals surface area contributed by atoms with Crippen molar-refractivity contribution in [2.45, 2.75) is 6.54 Å². The first-order valence-electron chi connectivity index (χ1n) is 8.76. The SMILES string of the molecule is CN(C)c1nc(NCc2ccccc2)nc(N/N=C\c2cccc([N+](=O)[O-])c2)n1. The van der Waals surface area contributed by atoms with Crippen molar-refractivity contribution < 1.29 is 4.92 Å². The highest BCUT2D eigenvalue weighted by Crippen LogP contribution is 2.14. The molecule has 0 bridgehead atoms. The van der Waals surface area contributed by atoms with Crippen LogP contribution in [0.25, 0.3) is 0 Å². The lowest BCUT2D eigenvalue weighted by Gasteiger charge is -2.13. The van der Waals surface area contributed by atoms with Gasteiger partial charge in [0, 0.05) is 38.3 Å². The number of anilines is 3. The van der Waals surface area contributed by atoms with Crippen LogP contribution in [0.2, 0.25) is 0 Å². The summed E-state index contributed by atoms with van der Waals surface area (Å²) in [6, 6.07) is 16.0. The van der Waals surface area contributed by atoms with Gasteiger partial charge in [-0.25, -0.2) is 5.43 Å². The van der Waals surface area contributed by atoms with E-state index in [1.807, 2.05) is 44.4 Å². The van der Waals surface area contributed by atoms with Crippen molar-refractivity contribution in [3.8, 4) is 0 Å². The highest BCUT2D eigenvalue weighted by molar-refractivity contribution is 5.81. The number of hydrogen-bond acceptors (Lipinski definition) is 9. The van der Waals surface area contributed by atoms with E-state index in [1.54, 1.807) is 17.0 Å². The third kappa shape index (κ3) is 5.70. The topological polar surface area (TPSA) is 121 Å². The Hall–Kier alpha value is -4.08. The van der Waals surface area contributed by atoms with E-state index in [4.69, 9.17) is 0 Å². The zero-order valence-corrected chi connectivity index (χ0v) is 16.0. The summed E-state index contributed by atoms with van der Waals surface area (Å²) in [6.45, 7) is 0.564. The van der Waals surface area contributed by atoms with Gasteiger partial charge in [-0.05, 0) is 5.56 Å². The molecule has 0 aliphatic carbocycles. The maximum absolute atomic E-state index is 10.9. The molecule has 3 aromatic rings. The van der Waals surface area contributed by atoms with Gasteiger partial charge in [-0.1, -0.05) is 42.5 Å². The number of nitrogens with one attached hydrogen (secondary N) is 2. The number of non-ortho nitro benzene ring substituents is 1. The first-order valence-corrected chi connectivity index (χ1v) is 8.76. The third-order valence-electron chi connectivity index (χ3n) is 3.78. The Balaban J connectivity index is 1.73. The Morgan fingerprint density at radius 3 is 2.55 bits per heavy atom.